The number of furan rings is 1. The van der Waals surface area contributed by atoms with Crippen molar-refractivity contribution in [1.82, 2.24) is 5.32 Å². The SMILES string of the molecule is O=C(CCc1ccco1)NC1C2CCC(C2)C1CO. The lowest BCUT2D eigenvalue weighted by molar-refractivity contribution is -0.122. The van der Waals surface area contributed by atoms with Crippen molar-refractivity contribution in [2.75, 3.05) is 6.61 Å². The Balaban J connectivity index is 1.51. The van der Waals surface area contributed by atoms with Crippen molar-refractivity contribution in [2.45, 2.75) is 38.1 Å². The lowest BCUT2D eigenvalue weighted by atomic mass is 9.85. The molecule has 1 aromatic heterocycles. The lowest BCUT2D eigenvalue weighted by Gasteiger charge is -2.30. The molecule has 2 N–H and O–H groups in total. The van der Waals surface area contributed by atoms with E-state index in [0.29, 0.717) is 24.7 Å². The predicted octanol–water partition coefficient (Wildman–Crippen LogP) is 1.74. The molecule has 19 heavy (non-hydrogen) atoms. The van der Waals surface area contributed by atoms with Crippen molar-refractivity contribution >= 4 is 5.91 Å². The molecule has 1 heterocycles. The molecule has 104 valence electrons. The van der Waals surface area contributed by atoms with Crippen LogP contribution in [0.15, 0.2) is 22.8 Å². The van der Waals surface area contributed by atoms with Gasteiger partial charge in [0.05, 0.1) is 6.26 Å². The summed E-state index contributed by atoms with van der Waals surface area (Å²) in [5, 5.41) is 12.6. The van der Waals surface area contributed by atoms with Gasteiger partial charge in [-0.25, -0.2) is 0 Å². The number of hydrogen-bond acceptors (Lipinski definition) is 3. The lowest BCUT2D eigenvalue weighted by Crippen LogP contribution is -2.45. The van der Waals surface area contributed by atoms with Crippen molar-refractivity contribution in [3.05, 3.63) is 24.2 Å². The average molecular weight is 263 g/mol. The molecule has 0 saturated heterocycles. The highest BCUT2D eigenvalue weighted by atomic mass is 16.3. The van der Waals surface area contributed by atoms with Gasteiger partial charge in [0.15, 0.2) is 0 Å². The van der Waals surface area contributed by atoms with E-state index in [1.54, 1.807) is 6.26 Å². The van der Waals surface area contributed by atoms with E-state index in [-0.39, 0.29) is 24.5 Å². The van der Waals surface area contributed by atoms with Crippen LogP contribution in [-0.2, 0) is 11.2 Å². The smallest absolute Gasteiger partial charge is 0.220 e. The van der Waals surface area contributed by atoms with Gasteiger partial charge in [-0.1, -0.05) is 0 Å². The molecule has 4 atom stereocenters. The number of aliphatic hydroxyl groups excluding tert-OH is 1. The first-order chi connectivity index (χ1) is 9.28. The highest BCUT2D eigenvalue weighted by molar-refractivity contribution is 5.76. The summed E-state index contributed by atoms with van der Waals surface area (Å²) in [6.45, 7) is 0.199. The third-order valence-corrected chi connectivity index (χ3v) is 4.81. The van der Waals surface area contributed by atoms with E-state index in [9.17, 15) is 9.90 Å². The maximum Gasteiger partial charge on any atom is 0.220 e. The number of rotatable bonds is 5. The molecule has 0 spiro atoms. The highest BCUT2D eigenvalue weighted by Gasteiger charge is 2.47. The van der Waals surface area contributed by atoms with Crippen LogP contribution in [0.25, 0.3) is 0 Å². The Labute approximate surface area is 113 Å². The second kappa shape index (κ2) is 5.37. The average Bonchev–Trinajstić information content (AvgIpc) is 3.13. The highest BCUT2D eigenvalue weighted by Crippen LogP contribution is 2.48. The van der Waals surface area contributed by atoms with Crippen molar-refractivity contribution in [2.24, 2.45) is 17.8 Å². The van der Waals surface area contributed by atoms with Gasteiger partial charge < -0.3 is 14.8 Å². The van der Waals surface area contributed by atoms with Crippen LogP contribution < -0.4 is 5.32 Å². The number of amides is 1. The summed E-state index contributed by atoms with van der Waals surface area (Å²) < 4.78 is 5.23. The summed E-state index contributed by atoms with van der Waals surface area (Å²) in [7, 11) is 0. The minimum absolute atomic E-state index is 0.0763. The first-order valence-corrected chi connectivity index (χ1v) is 7.20. The molecule has 4 unspecified atom stereocenters. The molecule has 0 aliphatic heterocycles. The van der Waals surface area contributed by atoms with Crippen LogP contribution in [0.2, 0.25) is 0 Å². The zero-order valence-corrected chi connectivity index (χ0v) is 11.0. The quantitative estimate of drug-likeness (QED) is 0.850. The Morgan fingerprint density at radius 1 is 1.42 bits per heavy atom. The number of hydrogen-bond donors (Lipinski definition) is 2. The van der Waals surface area contributed by atoms with Crippen LogP contribution in [0.3, 0.4) is 0 Å². The molecule has 0 aromatic carbocycles. The molecular formula is C15H21NO3. The van der Waals surface area contributed by atoms with E-state index < -0.39 is 0 Å². The van der Waals surface area contributed by atoms with Gasteiger partial charge in [-0.05, 0) is 43.2 Å². The molecule has 1 amide bonds. The minimum atomic E-state index is 0.0763. The number of carbonyl (C=O) groups is 1. The van der Waals surface area contributed by atoms with Gasteiger partial charge in [-0.3, -0.25) is 4.79 Å². The first-order valence-electron chi connectivity index (χ1n) is 7.20. The van der Waals surface area contributed by atoms with Crippen LogP contribution in [0.1, 0.15) is 31.4 Å². The second-order valence-corrected chi connectivity index (χ2v) is 5.85. The van der Waals surface area contributed by atoms with E-state index in [1.807, 2.05) is 12.1 Å². The van der Waals surface area contributed by atoms with Crippen molar-refractivity contribution in [1.29, 1.82) is 0 Å². The van der Waals surface area contributed by atoms with E-state index in [1.165, 1.54) is 19.3 Å². The van der Waals surface area contributed by atoms with E-state index in [0.717, 1.165) is 5.76 Å². The maximum atomic E-state index is 12.0. The van der Waals surface area contributed by atoms with Crippen molar-refractivity contribution in [3.8, 4) is 0 Å². The van der Waals surface area contributed by atoms with Gasteiger partial charge in [0.1, 0.15) is 5.76 Å². The summed E-state index contributed by atoms with van der Waals surface area (Å²) >= 11 is 0. The fraction of sp³-hybridized carbons (Fsp3) is 0.667. The number of fused-ring (bicyclic) bond motifs is 2. The number of aryl methyl sites for hydroxylation is 1. The minimum Gasteiger partial charge on any atom is -0.469 e. The summed E-state index contributed by atoms with van der Waals surface area (Å²) in [6.07, 6.45) is 6.32. The van der Waals surface area contributed by atoms with Crippen LogP contribution in [0.4, 0.5) is 0 Å². The largest absolute Gasteiger partial charge is 0.469 e. The molecule has 1 aromatic rings. The number of aliphatic hydroxyl groups is 1. The number of nitrogens with one attached hydrogen (secondary N) is 1. The van der Waals surface area contributed by atoms with Gasteiger partial charge in [-0.2, -0.15) is 0 Å². The predicted molar refractivity (Wildman–Crippen MR) is 70.4 cm³/mol. The summed E-state index contributed by atoms with van der Waals surface area (Å²) in [5.41, 5.74) is 0. The third kappa shape index (κ3) is 2.54. The van der Waals surface area contributed by atoms with Gasteiger partial charge >= 0.3 is 0 Å². The molecule has 2 aliphatic rings. The fourth-order valence-electron chi connectivity index (χ4n) is 3.85. The van der Waals surface area contributed by atoms with Crippen molar-refractivity contribution in [3.63, 3.8) is 0 Å². The van der Waals surface area contributed by atoms with Gasteiger partial charge in [0, 0.05) is 31.4 Å². The van der Waals surface area contributed by atoms with Gasteiger partial charge in [-0.15, -0.1) is 0 Å². The molecule has 2 fully saturated rings. The zero-order valence-electron chi connectivity index (χ0n) is 11.0. The monoisotopic (exact) mass is 263 g/mol. The first kappa shape index (κ1) is 12.7. The standard InChI is InChI=1S/C15H21NO3/c17-9-13-10-3-4-11(8-10)15(13)16-14(18)6-5-12-2-1-7-19-12/h1-2,7,10-11,13,15,17H,3-6,8-9H2,(H,16,18). The molecule has 2 bridgehead atoms. The molecule has 4 heteroatoms. The Bertz CT molecular complexity index is 429. The summed E-state index contributed by atoms with van der Waals surface area (Å²) in [5.74, 6) is 2.39. The molecule has 2 saturated carbocycles. The Kier molecular flexibility index (Phi) is 3.60. The molecule has 2 aliphatic carbocycles. The van der Waals surface area contributed by atoms with Gasteiger partial charge in [0.25, 0.3) is 0 Å². The Hall–Kier alpha value is -1.29. The van der Waals surface area contributed by atoms with E-state index in [2.05, 4.69) is 5.32 Å². The summed E-state index contributed by atoms with van der Waals surface area (Å²) in [6, 6.07) is 3.92. The van der Waals surface area contributed by atoms with Crippen molar-refractivity contribution < 1.29 is 14.3 Å². The topological polar surface area (TPSA) is 62.5 Å². The van der Waals surface area contributed by atoms with Crippen LogP contribution in [-0.4, -0.2) is 23.7 Å². The summed E-state index contributed by atoms with van der Waals surface area (Å²) in [4.78, 5) is 12.0. The second-order valence-electron chi connectivity index (χ2n) is 5.85. The van der Waals surface area contributed by atoms with E-state index >= 15 is 0 Å². The maximum absolute atomic E-state index is 12.0. The van der Waals surface area contributed by atoms with E-state index in [4.69, 9.17) is 4.42 Å². The van der Waals surface area contributed by atoms with Crippen LogP contribution in [0, 0.1) is 17.8 Å². The fourth-order valence-corrected chi connectivity index (χ4v) is 3.85. The number of carbonyl (C=O) groups excluding carboxylic acids is 1. The molecular weight excluding hydrogens is 242 g/mol. The van der Waals surface area contributed by atoms with Gasteiger partial charge in [0.2, 0.25) is 5.91 Å². The third-order valence-electron chi connectivity index (χ3n) is 4.81. The Morgan fingerprint density at radius 2 is 2.26 bits per heavy atom. The normalized spacial score (nSPS) is 32.7. The van der Waals surface area contributed by atoms with Crippen LogP contribution >= 0.6 is 0 Å². The van der Waals surface area contributed by atoms with Crippen LogP contribution in [0.5, 0.6) is 0 Å². The Morgan fingerprint density at radius 3 is 3.00 bits per heavy atom. The zero-order chi connectivity index (χ0) is 13.2. The molecule has 4 nitrogen and oxygen atoms in total. The molecule has 0 radical (unpaired) electrons. The molecule has 3 rings (SSSR count).